The number of nitrogens with two attached hydrogens (primary N) is 1. The quantitative estimate of drug-likeness (QED) is 0.695. The molecule has 0 atom stereocenters. The molecule has 5 nitrogen and oxygen atoms in total. The van der Waals surface area contributed by atoms with Gasteiger partial charge in [-0.15, -0.1) is 0 Å². The number of imidazole rings is 1. The maximum atomic E-state index is 11.4. The number of esters is 1. The van der Waals surface area contributed by atoms with Crippen LogP contribution in [0.3, 0.4) is 0 Å². The Morgan fingerprint density at radius 2 is 2.27 bits per heavy atom. The normalized spacial score (nSPS) is 16.9. The average molecular weight is 299 g/mol. The van der Waals surface area contributed by atoms with E-state index in [4.69, 9.17) is 15.5 Å². The molecule has 1 heterocycles. The number of nitrogens with zero attached hydrogens (tertiary/aromatic N) is 2. The predicted molar refractivity (Wildman–Crippen MR) is 86.1 cm³/mol. The van der Waals surface area contributed by atoms with Crippen LogP contribution in [0, 0.1) is 0 Å². The van der Waals surface area contributed by atoms with E-state index in [0.717, 1.165) is 41.7 Å². The molecular weight excluding hydrogens is 278 g/mol. The lowest BCUT2D eigenvalue weighted by atomic mass is 9.77. The fraction of sp³-hybridized carbons (Fsp3) is 0.412. The maximum Gasteiger partial charge on any atom is 0.330 e. The second-order valence-corrected chi connectivity index (χ2v) is 5.84. The number of hydrogen-bond acceptors (Lipinski definition) is 4. The molecular formula is C17H21N3O2. The van der Waals surface area contributed by atoms with E-state index >= 15 is 0 Å². The predicted octanol–water partition coefficient (Wildman–Crippen LogP) is 2.49. The van der Waals surface area contributed by atoms with Crippen LogP contribution in [-0.4, -0.2) is 22.1 Å². The molecule has 1 aromatic carbocycles. The first-order valence-electron chi connectivity index (χ1n) is 7.64. The molecule has 1 aliphatic carbocycles. The highest BCUT2D eigenvalue weighted by molar-refractivity contribution is 5.88. The van der Waals surface area contributed by atoms with Crippen LogP contribution < -0.4 is 5.73 Å². The molecule has 0 radical (unpaired) electrons. The van der Waals surface area contributed by atoms with Gasteiger partial charge in [0.15, 0.2) is 0 Å². The molecule has 2 aromatic rings. The highest BCUT2D eigenvalue weighted by Crippen LogP contribution is 2.39. The van der Waals surface area contributed by atoms with Crippen molar-refractivity contribution < 1.29 is 9.53 Å². The fourth-order valence-electron chi connectivity index (χ4n) is 2.89. The Morgan fingerprint density at radius 3 is 2.91 bits per heavy atom. The Labute approximate surface area is 129 Å². The van der Waals surface area contributed by atoms with Gasteiger partial charge in [0.2, 0.25) is 0 Å². The van der Waals surface area contributed by atoms with Crippen LogP contribution in [0.4, 0.5) is 0 Å². The van der Waals surface area contributed by atoms with Crippen molar-refractivity contribution in [3.63, 3.8) is 0 Å². The minimum atomic E-state index is -0.330. The third kappa shape index (κ3) is 2.52. The van der Waals surface area contributed by atoms with Gasteiger partial charge in [0.25, 0.3) is 0 Å². The Balaban J connectivity index is 1.93. The molecule has 1 fully saturated rings. The molecule has 1 aromatic heterocycles. The third-order valence-corrected chi connectivity index (χ3v) is 4.29. The Bertz CT molecular complexity index is 742. The van der Waals surface area contributed by atoms with E-state index in [2.05, 4.69) is 4.57 Å². The summed E-state index contributed by atoms with van der Waals surface area (Å²) in [5.74, 6) is 0.615. The van der Waals surface area contributed by atoms with Crippen molar-refractivity contribution >= 4 is 23.1 Å². The number of aromatic nitrogens is 2. The second kappa shape index (κ2) is 5.57. The summed E-state index contributed by atoms with van der Waals surface area (Å²) in [7, 11) is 2.00. The van der Waals surface area contributed by atoms with Crippen molar-refractivity contribution in [2.24, 2.45) is 12.8 Å². The van der Waals surface area contributed by atoms with Gasteiger partial charge < -0.3 is 15.0 Å². The minimum absolute atomic E-state index is 0.283. The number of carbonyl (C=O) groups excluding carboxylic acids is 1. The van der Waals surface area contributed by atoms with Crippen LogP contribution in [-0.2, 0) is 22.1 Å². The zero-order chi connectivity index (χ0) is 15.7. The van der Waals surface area contributed by atoms with Crippen molar-refractivity contribution in [2.75, 3.05) is 6.61 Å². The summed E-state index contributed by atoms with van der Waals surface area (Å²) in [6.07, 6.45) is 6.33. The van der Waals surface area contributed by atoms with Crippen molar-refractivity contribution in [3.8, 4) is 0 Å². The third-order valence-electron chi connectivity index (χ3n) is 4.29. The molecule has 0 amide bonds. The summed E-state index contributed by atoms with van der Waals surface area (Å²) in [4.78, 5) is 16.1. The highest BCUT2D eigenvalue weighted by atomic mass is 16.5. The fourth-order valence-corrected chi connectivity index (χ4v) is 2.89. The first kappa shape index (κ1) is 14.8. The zero-order valence-electron chi connectivity index (χ0n) is 13.0. The molecule has 0 unspecified atom stereocenters. The van der Waals surface area contributed by atoms with E-state index in [1.165, 1.54) is 6.08 Å². The number of carbonyl (C=O) groups is 1. The molecule has 5 heteroatoms. The van der Waals surface area contributed by atoms with E-state index in [0.29, 0.717) is 6.61 Å². The summed E-state index contributed by atoms with van der Waals surface area (Å²) < 4.78 is 6.95. The average Bonchev–Trinajstić information content (AvgIpc) is 2.80. The lowest BCUT2D eigenvalue weighted by Gasteiger charge is -2.37. The number of aryl methyl sites for hydroxylation is 1. The molecule has 0 saturated heterocycles. The molecule has 3 rings (SSSR count). The van der Waals surface area contributed by atoms with Gasteiger partial charge in [0.05, 0.1) is 23.2 Å². The summed E-state index contributed by atoms with van der Waals surface area (Å²) in [5, 5.41) is 0. The first-order chi connectivity index (χ1) is 10.5. The highest BCUT2D eigenvalue weighted by Gasteiger charge is 2.38. The summed E-state index contributed by atoms with van der Waals surface area (Å²) in [6.45, 7) is 2.17. The monoisotopic (exact) mass is 299 g/mol. The number of rotatable bonds is 4. The molecule has 2 N–H and O–H groups in total. The zero-order valence-corrected chi connectivity index (χ0v) is 13.0. The van der Waals surface area contributed by atoms with Crippen molar-refractivity contribution in [2.45, 2.75) is 31.7 Å². The van der Waals surface area contributed by atoms with Gasteiger partial charge in [-0.1, -0.05) is 6.07 Å². The standard InChI is InChI=1S/C17H21N3O2/c1-3-22-15(21)8-6-12-5-7-13-14(11-12)20(2)16(19-13)17(18)9-4-10-17/h5-8,11H,3-4,9-10,18H2,1-2H3/b8-6+. The van der Waals surface area contributed by atoms with E-state index in [1.807, 2.05) is 25.2 Å². The van der Waals surface area contributed by atoms with Gasteiger partial charge in [-0.25, -0.2) is 9.78 Å². The molecule has 116 valence electrons. The summed E-state index contributed by atoms with van der Waals surface area (Å²) >= 11 is 0. The summed E-state index contributed by atoms with van der Waals surface area (Å²) in [6, 6.07) is 5.92. The smallest absolute Gasteiger partial charge is 0.330 e. The first-order valence-corrected chi connectivity index (χ1v) is 7.64. The van der Waals surface area contributed by atoms with Crippen molar-refractivity contribution in [1.29, 1.82) is 0 Å². The molecule has 0 aliphatic heterocycles. The molecule has 1 aliphatic rings. The summed E-state index contributed by atoms with van der Waals surface area (Å²) in [5.41, 5.74) is 9.02. The van der Waals surface area contributed by atoms with Crippen LogP contribution in [0.5, 0.6) is 0 Å². The van der Waals surface area contributed by atoms with Gasteiger partial charge >= 0.3 is 5.97 Å². The van der Waals surface area contributed by atoms with Gasteiger partial charge in [0, 0.05) is 13.1 Å². The second-order valence-electron chi connectivity index (χ2n) is 5.84. The Kier molecular flexibility index (Phi) is 3.74. The van der Waals surface area contributed by atoms with E-state index in [1.54, 1.807) is 13.0 Å². The van der Waals surface area contributed by atoms with Gasteiger partial charge in [-0.05, 0) is 50.0 Å². The van der Waals surface area contributed by atoms with E-state index < -0.39 is 0 Å². The van der Waals surface area contributed by atoms with Crippen LogP contribution in [0.15, 0.2) is 24.3 Å². The molecule has 1 saturated carbocycles. The van der Waals surface area contributed by atoms with Crippen LogP contribution >= 0.6 is 0 Å². The lowest BCUT2D eigenvalue weighted by molar-refractivity contribution is -0.137. The van der Waals surface area contributed by atoms with Crippen LogP contribution in [0.2, 0.25) is 0 Å². The van der Waals surface area contributed by atoms with Crippen LogP contribution in [0.1, 0.15) is 37.6 Å². The maximum absolute atomic E-state index is 11.4. The molecule has 22 heavy (non-hydrogen) atoms. The van der Waals surface area contributed by atoms with Gasteiger partial charge in [-0.3, -0.25) is 0 Å². The van der Waals surface area contributed by atoms with Crippen molar-refractivity contribution in [3.05, 3.63) is 35.7 Å². The lowest BCUT2D eigenvalue weighted by Crippen LogP contribution is -2.45. The van der Waals surface area contributed by atoms with E-state index in [9.17, 15) is 4.79 Å². The number of ether oxygens (including phenoxy) is 1. The van der Waals surface area contributed by atoms with E-state index in [-0.39, 0.29) is 11.5 Å². The molecule has 0 bridgehead atoms. The van der Waals surface area contributed by atoms with Gasteiger partial charge in [0.1, 0.15) is 5.82 Å². The van der Waals surface area contributed by atoms with Gasteiger partial charge in [-0.2, -0.15) is 0 Å². The number of hydrogen-bond donors (Lipinski definition) is 1. The number of fused-ring (bicyclic) bond motifs is 1. The SMILES string of the molecule is CCOC(=O)/C=C/c1ccc2nc(C3(N)CCC3)n(C)c2c1. The molecule has 0 spiro atoms. The topological polar surface area (TPSA) is 70.1 Å². The number of benzene rings is 1. The Morgan fingerprint density at radius 1 is 1.50 bits per heavy atom. The largest absolute Gasteiger partial charge is 0.463 e. The van der Waals surface area contributed by atoms with Crippen molar-refractivity contribution in [1.82, 2.24) is 9.55 Å². The Hall–Kier alpha value is -2.14. The van der Waals surface area contributed by atoms with Crippen LogP contribution in [0.25, 0.3) is 17.1 Å². The minimum Gasteiger partial charge on any atom is -0.463 e.